The third-order valence-electron chi connectivity index (χ3n) is 3.15. The van der Waals surface area contributed by atoms with Crippen LogP contribution in [0.5, 0.6) is 5.75 Å². The van der Waals surface area contributed by atoms with Crippen molar-refractivity contribution in [2.75, 3.05) is 11.9 Å². The summed E-state index contributed by atoms with van der Waals surface area (Å²) in [5.41, 5.74) is 2.18. The number of amides is 2. The van der Waals surface area contributed by atoms with Crippen LogP contribution < -0.4 is 10.6 Å². The third kappa shape index (κ3) is 4.34. The van der Waals surface area contributed by atoms with E-state index in [-0.39, 0.29) is 11.4 Å². The van der Waals surface area contributed by atoms with Crippen molar-refractivity contribution in [3.05, 3.63) is 59.7 Å². The Labute approximate surface area is 129 Å². The predicted molar refractivity (Wildman–Crippen MR) is 84.6 cm³/mol. The Balaban J connectivity index is 1.84. The van der Waals surface area contributed by atoms with Crippen molar-refractivity contribution in [1.29, 1.82) is 0 Å². The van der Waals surface area contributed by atoms with Gasteiger partial charge in [-0.15, -0.1) is 0 Å². The summed E-state index contributed by atoms with van der Waals surface area (Å²) in [5.74, 6) is -1.60. The zero-order valence-electron chi connectivity index (χ0n) is 12.3. The number of carbonyl (C=O) groups is 2. The molecule has 0 unspecified atom stereocenters. The van der Waals surface area contributed by atoms with E-state index in [1.54, 1.807) is 12.1 Å². The number of aromatic hydroxyl groups is 1. The van der Waals surface area contributed by atoms with E-state index in [0.29, 0.717) is 13.0 Å². The maximum Gasteiger partial charge on any atom is 0.313 e. The fraction of sp³-hybridized carbons (Fsp3) is 0.176. The van der Waals surface area contributed by atoms with Gasteiger partial charge in [0.15, 0.2) is 0 Å². The molecule has 0 spiro atoms. The van der Waals surface area contributed by atoms with Crippen molar-refractivity contribution in [1.82, 2.24) is 5.32 Å². The number of anilines is 1. The van der Waals surface area contributed by atoms with Gasteiger partial charge in [0, 0.05) is 6.54 Å². The molecule has 0 saturated carbocycles. The molecule has 2 aromatic rings. The molecule has 0 aliphatic carbocycles. The second-order valence-corrected chi connectivity index (χ2v) is 4.97. The number of phenols is 1. The van der Waals surface area contributed by atoms with Crippen molar-refractivity contribution >= 4 is 17.5 Å². The summed E-state index contributed by atoms with van der Waals surface area (Å²) in [5, 5.41) is 14.6. The molecule has 114 valence electrons. The molecule has 0 heterocycles. The standard InChI is InChI=1S/C17H18N2O3/c1-12-7-8-15(20)14(11-12)19-17(22)16(21)18-10-9-13-5-3-2-4-6-13/h2-8,11,20H,9-10H2,1H3,(H,18,21)(H,19,22). The van der Waals surface area contributed by atoms with Gasteiger partial charge in [-0.2, -0.15) is 0 Å². The van der Waals surface area contributed by atoms with Crippen molar-refractivity contribution in [2.24, 2.45) is 0 Å². The summed E-state index contributed by atoms with van der Waals surface area (Å²) >= 11 is 0. The summed E-state index contributed by atoms with van der Waals surface area (Å²) in [7, 11) is 0. The van der Waals surface area contributed by atoms with Gasteiger partial charge in [-0.3, -0.25) is 9.59 Å². The minimum absolute atomic E-state index is 0.0731. The van der Waals surface area contributed by atoms with Crippen LogP contribution in [0.15, 0.2) is 48.5 Å². The van der Waals surface area contributed by atoms with E-state index in [1.807, 2.05) is 37.3 Å². The molecule has 2 aromatic carbocycles. The second kappa shape index (κ2) is 7.26. The van der Waals surface area contributed by atoms with Gasteiger partial charge in [0.25, 0.3) is 0 Å². The zero-order chi connectivity index (χ0) is 15.9. The lowest BCUT2D eigenvalue weighted by Gasteiger charge is -2.08. The Morgan fingerprint density at radius 2 is 1.77 bits per heavy atom. The first-order valence-corrected chi connectivity index (χ1v) is 6.99. The molecule has 0 aliphatic rings. The minimum atomic E-state index is -0.797. The van der Waals surface area contributed by atoms with E-state index in [0.717, 1.165) is 11.1 Å². The SMILES string of the molecule is Cc1ccc(O)c(NC(=O)C(=O)NCCc2ccccc2)c1. The quantitative estimate of drug-likeness (QED) is 0.597. The van der Waals surface area contributed by atoms with Crippen molar-refractivity contribution < 1.29 is 14.7 Å². The van der Waals surface area contributed by atoms with Gasteiger partial charge in [-0.25, -0.2) is 0 Å². The fourth-order valence-electron chi connectivity index (χ4n) is 1.97. The molecule has 2 rings (SSSR count). The Kier molecular flexibility index (Phi) is 5.14. The van der Waals surface area contributed by atoms with E-state index in [1.165, 1.54) is 6.07 Å². The first-order chi connectivity index (χ1) is 10.6. The molecular weight excluding hydrogens is 280 g/mol. The van der Waals surface area contributed by atoms with Crippen LogP contribution in [0.2, 0.25) is 0 Å². The number of benzene rings is 2. The van der Waals surface area contributed by atoms with E-state index in [2.05, 4.69) is 10.6 Å². The maximum absolute atomic E-state index is 11.8. The van der Waals surface area contributed by atoms with Crippen LogP contribution in [0, 0.1) is 6.92 Å². The summed E-state index contributed by atoms with van der Waals surface area (Å²) in [6, 6.07) is 14.5. The lowest BCUT2D eigenvalue weighted by Crippen LogP contribution is -2.36. The van der Waals surface area contributed by atoms with Crippen LogP contribution in [0.4, 0.5) is 5.69 Å². The average molecular weight is 298 g/mol. The molecular formula is C17H18N2O3. The van der Waals surface area contributed by atoms with E-state index < -0.39 is 11.8 Å². The van der Waals surface area contributed by atoms with Crippen LogP contribution in [0.3, 0.4) is 0 Å². The highest BCUT2D eigenvalue weighted by Gasteiger charge is 2.14. The van der Waals surface area contributed by atoms with Crippen molar-refractivity contribution in [2.45, 2.75) is 13.3 Å². The van der Waals surface area contributed by atoms with Crippen LogP contribution in [-0.2, 0) is 16.0 Å². The summed E-state index contributed by atoms with van der Waals surface area (Å²) < 4.78 is 0. The summed E-state index contributed by atoms with van der Waals surface area (Å²) in [6.07, 6.45) is 0.648. The molecule has 3 N–H and O–H groups in total. The zero-order valence-corrected chi connectivity index (χ0v) is 12.3. The fourth-order valence-corrected chi connectivity index (χ4v) is 1.97. The largest absolute Gasteiger partial charge is 0.506 e. The number of aryl methyl sites for hydroxylation is 1. The number of rotatable bonds is 4. The predicted octanol–water partition coefficient (Wildman–Crippen LogP) is 2.00. The van der Waals surface area contributed by atoms with Gasteiger partial charge in [-0.05, 0) is 36.6 Å². The number of phenolic OH excluding ortho intramolecular Hbond substituents is 1. The third-order valence-corrected chi connectivity index (χ3v) is 3.15. The minimum Gasteiger partial charge on any atom is -0.506 e. The summed E-state index contributed by atoms with van der Waals surface area (Å²) in [6.45, 7) is 2.20. The molecule has 0 atom stereocenters. The Bertz CT molecular complexity index is 669. The molecule has 0 saturated heterocycles. The van der Waals surface area contributed by atoms with Crippen molar-refractivity contribution in [3.8, 4) is 5.75 Å². The number of hydrogen-bond acceptors (Lipinski definition) is 3. The van der Waals surface area contributed by atoms with Crippen LogP contribution in [0.25, 0.3) is 0 Å². The highest BCUT2D eigenvalue weighted by atomic mass is 16.3. The Hall–Kier alpha value is -2.82. The second-order valence-electron chi connectivity index (χ2n) is 4.97. The molecule has 22 heavy (non-hydrogen) atoms. The van der Waals surface area contributed by atoms with E-state index >= 15 is 0 Å². The first kappa shape index (κ1) is 15.6. The molecule has 0 aliphatic heterocycles. The van der Waals surface area contributed by atoms with Crippen LogP contribution in [-0.4, -0.2) is 23.5 Å². The molecule has 0 aromatic heterocycles. The molecule has 0 fully saturated rings. The topological polar surface area (TPSA) is 78.4 Å². The molecule has 5 nitrogen and oxygen atoms in total. The van der Waals surface area contributed by atoms with Gasteiger partial charge >= 0.3 is 11.8 Å². The lowest BCUT2D eigenvalue weighted by molar-refractivity contribution is -0.136. The number of carbonyl (C=O) groups excluding carboxylic acids is 2. The number of nitrogens with one attached hydrogen (secondary N) is 2. The highest BCUT2D eigenvalue weighted by molar-refractivity contribution is 6.39. The smallest absolute Gasteiger partial charge is 0.313 e. The summed E-state index contributed by atoms with van der Waals surface area (Å²) in [4.78, 5) is 23.5. The van der Waals surface area contributed by atoms with Crippen LogP contribution >= 0.6 is 0 Å². The first-order valence-electron chi connectivity index (χ1n) is 6.99. The Morgan fingerprint density at radius 1 is 1.05 bits per heavy atom. The monoisotopic (exact) mass is 298 g/mol. The van der Waals surface area contributed by atoms with Gasteiger partial charge in [-0.1, -0.05) is 36.4 Å². The van der Waals surface area contributed by atoms with Gasteiger partial charge in [0.1, 0.15) is 5.75 Å². The number of hydrogen-bond donors (Lipinski definition) is 3. The van der Waals surface area contributed by atoms with E-state index in [9.17, 15) is 14.7 Å². The highest BCUT2D eigenvalue weighted by Crippen LogP contribution is 2.23. The Morgan fingerprint density at radius 3 is 2.50 bits per heavy atom. The average Bonchev–Trinajstić information content (AvgIpc) is 2.52. The molecule has 0 bridgehead atoms. The maximum atomic E-state index is 11.8. The van der Waals surface area contributed by atoms with Gasteiger partial charge < -0.3 is 15.7 Å². The van der Waals surface area contributed by atoms with Gasteiger partial charge in [0.2, 0.25) is 0 Å². The normalized spacial score (nSPS) is 10.0. The molecule has 0 radical (unpaired) electrons. The lowest BCUT2D eigenvalue weighted by atomic mass is 10.1. The van der Waals surface area contributed by atoms with E-state index in [4.69, 9.17) is 0 Å². The molecule has 2 amide bonds. The van der Waals surface area contributed by atoms with Crippen LogP contribution in [0.1, 0.15) is 11.1 Å². The van der Waals surface area contributed by atoms with Crippen molar-refractivity contribution in [3.63, 3.8) is 0 Å². The molecule has 5 heteroatoms. The van der Waals surface area contributed by atoms with Gasteiger partial charge in [0.05, 0.1) is 5.69 Å².